The highest BCUT2D eigenvalue weighted by Crippen LogP contribution is 2.35. The van der Waals surface area contributed by atoms with Crippen molar-refractivity contribution in [3.63, 3.8) is 0 Å². The maximum absolute atomic E-state index is 12.9. The number of ether oxygens (including phenoxy) is 2. The smallest absolute Gasteiger partial charge is 0.266 e. The number of thioether (sulfide) groups is 1. The van der Waals surface area contributed by atoms with E-state index in [0.29, 0.717) is 29.0 Å². The average Bonchev–Trinajstić information content (AvgIpc) is 3.13. The summed E-state index contributed by atoms with van der Waals surface area (Å²) in [5.74, 6) is 1.35. The number of nitrogens with zero attached hydrogens (tertiary/aromatic N) is 3. The molecule has 1 aromatic carbocycles. The molecule has 0 radical (unpaired) electrons. The van der Waals surface area contributed by atoms with Crippen LogP contribution >= 0.6 is 11.8 Å². The minimum absolute atomic E-state index is 0.0486. The van der Waals surface area contributed by atoms with Crippen molar-refractivity contribution in [1.82, 2.24) is 9.88 Å². The van der Waals surface area contributed by atoms with Crippen LogP contribution in [-0.4, -0.2) is 41.2 Å². The van der Waals surface area contributed by atoms with E-state index in [0.717, 1.165) is 23.4 Å². The van der Waals surface area contributed by atoms with Crippen molar-refractivity contribution in [3.8, 4) is 11.5 Å². The first-order valence-electron chi connectivity index (χ1n) is 11.7. The molecular formula is C26H33N3O3S. The topological polar surface area (TPSA) is 64.0 Å². The second kappa shape index (κ2) is 13.0. The van der Waals surface area contributed by atoms with Gasteiger partial charge in [0.15, 0.2) is 16.7 Å². The average molecular weight is 468 g/mol. The van der Waals surface area contributed by atoms with E-state index >= 15 is 0 Å². The molecule has 2 heterocycles. The van der Waals surface area contributed by atoms with Crippen LogP contribution in [0.1, 0.15) is 57.9 Å². The second-order valence-electron chi connectivity index (χ2n) is 7.79. The summed E-state index contributed by atoms with van der Waals surface area (Å²) in [6.45, 7) is 5.40. The van der Waals surface area contributed by atoms with Crippen LogP contribution in [0.15, 0.2) is 52.6 Å². The van der Waals surface area contributed by atoms with Gasteiger partial charge in [0.2, 0.25) is 0 Å². The third kappa shape index (κ3) is 7.09. The molecule has 7 heteroatoms. The fraction of sp³-hybridized carbons (Fsp3) is 0.423. The van der Waals surface area contributed by atoms with Crippen LogP contribution in [0.25, 0.3) is 6.08 Å². The third-order valence-corrected chi connectivity index (χ3v) is 6.32. The molecule has 1 saturated heterocycles. The number of unbranched alkanes of at least 4 members (excludes halogenated alkanes) is 5. The molecule has 1 aliphatic rings. The molecule has 0 bridgehead atoms. The van der Waals surface area contributed by atoms with E-state index in [4.69, 9.17) is 9.47 Å². The highest BCUT2D eigenvalue weighted by Gasteiger charge is 2.32. The summed E-state index contributed by atoms with van der Waals surface area (Å²) in [5.41, 5.74) is 1.61. The van der Waals surface area contributed by atoms with Crippen molar-refractivity contribution >= 4 is 34.6 Å². The van der Waals surface area contributed by atoms with E-state index in [2.05, 4.69) is 16.9 Å². The van der Waals surface area contributed by atoms with Gasteiger partial charge in [-0.15, -0.1) is 0 Å². The Labute approximate surface area is 201 Å². The predicted octanol–water partition coefficient (Wildman–Crippen LogP) is 6.45. The Kier molecular flexibility index (Phi) is 9.81. The van der Waals surface area contributed by atoms with Crippen molar-refractivity contribution in [2.24, 2.45) is 4.99 Å². The molecule has 0 aliphatic carbocycles. The summed E-state index contributed by atoms with van der Waals surface area (Å²) in [6, 6.07) is 9.47. The van der Waals surface area contributed by atoms with Crippen LogP contribution in [0.5, 0.6) is 11.5 Å². The molecular weight excluding hydrogens is 434 g/mol. The standard InChI is InChI=1S/C26H33N3O3S/c1-4-6-7-8-9-10-16-32-22-14-13-20(17-23(22)31-3)18-24-25(30)29(5-2)26(33-24)28-21-12-11-15-27-19-21/h11-15,17-19H,4-10,16H2,1-3H3/b24-18-,28-26?. The fourth-order valence-electron chi connectivity index (χ4n) is 3.51. The van der Waals surface area contributed by atoms with Crippen LogP contribution in [0.4, 0.5) is 5.69 Å². The van der Waals surface area contributed by atoms with E-state index in [-0.39, 0.29) is 5.91 Å². The first-order valence-corrected chi connectivity index (χ1v) is 12.5. The molecule has 0 unspecified atom stereocenters. The number of likely N-dealkylation sites (N-methyl/N-ethyl adjacent to an activating group) is 1. The Hall–Kier alpha value is -2.80. The summed E-state index contributed by atoms with van der Waals surface area (Å²) in [6.07, 6.45) is 12.6. The van der Waals surface area contributed by atoms with Gasteiger partial charge in [-0.2, -0.15) is 0 Å². The minimum atomic E-state index is -0.0486. The lowest BCUT2D eigenvalue weighted by atomic mass is 10.1. The van der Waals surface area contributed by atoms with E-state index in [1.54, 1.807) is 24.4 Å². The first-order chi connectivity index (χ1) is 16.2. The van der Waals surface area contributed by atoms with Gasteiger partial charge in [0.05, 0.1) is 30.5 Å². The Balaban J connectivity index is 1.67. The zero-order valence-corrected chi connectivity index (χ0v) is 20.6. The number of hydrogen-bond donors (Lipinski definition) is 0. The molecule has 1 amide bonds. The van der Waals surface area contributed by atoms with Crippen LogP contribution in [0.3, 0.4) is 0 Å². The van der Waals surface area contributed by atoms with Gasteiger partial charge in [-0.3, -0.25) is 14.7 Å². The molecule has 2 aromatic rings. The molecule has 33 heavy (non-hydrogen) atoms. The van der Waals surface area contributed by atoms with Gasteiger partial charge in [-0.05, 0) is 61.0 Å². The summed E-state index contributed by atoms with van der Waals surface area (Å²) in [4.78, 5) is 23.9. The molecule has 0 saturated carbocycles. The molecule has 1 fully saturated rings. The minimum Gasteiger partial charge on any atom is -0.493 e. The number of aliphatic imine (C=N–C) groups is 1. The Morgan fingerprint density at radius 2 is 1.91 bits per heavy atom. The predicted molar refractivity (Wildman–Crippen MR) is 136 cm³/mol. The van der Waals surface area contributed by atoms with Crippen molar-refractivity contribution < 1.29 is 14.3 Å². The lowest BCUT2D eigenvalue weighted by Gasteiger charge is -2.12. The normalized spacial score (nSPS) is 16.1. The fourth-order valence-corrected chi connectivity index (χ4v) is 4.57. The molecule has 0 atom stereocenters. The van der Waals surface area contributed by atoms with Crippen molar-refractivity contribution in [2.75, 3.05) is 20.3 Å². The molecule has 1 aromatic heterocycles. The van der Waals surface area contributed by atoms with E-state index in [9.17, 15) is 4.79 Å². The highest BCUT2D eigenvalue weighted by molar-refractivity contribution is 8.18. The lowest BCUT2D eigenvalue weighted by Crippen LogP contribution is -2.28. The molecule has 6 nitrogen and oxygen atoms in total. The number of pyridine rings is 1. The molecule has 3 rings (SSSR count). The molecule has 0 N–H and O–H groups in total. The van der Waals surface area contributed by atoms with Gasteiger partial charge >= 0.3 is 0 Å². The van der Waals surface area contributed by atoms with Crippen molar-refractivity contribution in [1.29, 1.82) is 0 Å². The van der Waals surface area contributed by atoms with Crippen LogP contribution in [0, 0.1) is 0 Å². The van der Waals surface area contributed by atoms with Gasteiger partial charge < -0.3 is 9.47 Å². The van der Waals surface area contributed by atoms with Crippen LogP contribution < -0.4 is 9.47 Å². The lowest BCUT2D eigenvalue weighted by molar-refractivity contribution is -0.122. The number of carbonyl (C=O) groups excluding carboxylic acids is 1. The van der Waals surface area contributed by atoms with Gasteiger partial charge in [0.1, 0.15) is 0 Å². The van der Waals surface area contributed by atoms with E-state index in [1.165, 1.54) is 43.9 Å². The molecule has 176 valence electrons. The Morgan fingerprint density at radius 3 is 2.64 bits per heavy atom. The number of methoxy groups -OCH3 is 1. The second-order valence-corrected chi connectivity index (χ2v) is 8.80. The summed E-state index contributed by atoms with van der Waals surface area (Å²) < 4.78 is 11.5. The van der Waals surface area contributed by atoms with Gasteiger partial charge in [0.25, 0.3) is 5.91 Å². The van der Waals surface area contributed by atoms with Gasteiger partial charge in [0, 0.05) is 12.7 Å². The zero-order valence-electron chi connectivity index (χ0n) is 19.8. The SMILES string of the molecule is CCCCCCCCOc1ccc(/C=C2\SC(=Nc3cccnc3)N(CC)C2=O)cc1OC. The van der Waals surface area contributed by atoms with Crippen LogP contribution in [0.2, 0.25) is 0 Å². The van der Waals surface area contributed by atoms with Crippen molar-refractivity contribution in [2.45, 2.75) is 52.4 Å². The van der Waals surface area contributed by atoms with Gasteiger partial charge in [-0.25, -0.2) is 4.99 Å². The number of benzene rings is 1. The van der Waals surface area contributed by atoms with E-state index < -0.39 is 0 Å². The number of amides is 1. The zero-order chi connectivity index (χ0) is 23.5. The Morgan fingerprint density at radius 1 is 1.09 bits per heavy atom. The molecule has 0 spiro atoms. The van der Waals surface area contributed by atoms with Gasteiger partial charge in [-0.1, -0.05) is 45.1 Å². The number of rotatable bonds is 12. The summed E-state index contributed by atoms with van der Waals surface area (Å²) in [7, 11) is 1.64. The van der Waals surface area contributed by atoms with Crippen molar-refractivity contribution in [3.05, 3.63) is 53.2 Å². The highest BCUT2D eigenvalue weighted by atomic mass is 32.2. The van der Waals surface area contributed by atoms with Crippen LogP contribution in [-0.2, 0) is 4.79 Å². The molecule has 1 aliphatic heterocycles. The maximum atomic E-state index is 12.9. The number of aromatic nitrogens is 1. The summed E-state index contributed by atoms with van der Waals surface area (Å²) >= 11 is 1.37. The Bertz CT molecular complexity index is 976. The maximum Gasteiger partial charge on any atom is 0.266 e. The van der Waals surface area contributed by atoms with E-state index in [1.807, 2.05) is 43.3 Å². The quantitative estimate of drug-likeness (QED) is 0.265. The third-order valence-electron chi connectivity index (χ3n) is 5.32. The monoisotopic (exact) mass is 467 g/mol. The largest absolute Gasteiger partial charge is 0.493 e. The number of amidine groups is 1. The number of hydrogen-bond acceptors (Lipinski definition) is 6. The first kappa shape index (κ1) is 24.8. The number of carbonyl (C=O) groups is 1. The summed E-state index contributed by atoms with van der Waals surface area (Å²) in [5, 5.41) is 0.660.